The Hall–Kier alpha value is -1.95. The van der Waals surface area contributed by atoms with E-state index in [4.69, 9.17) is 4.74 Å². The third-order valence-corrected chi connectivity index (χ3v) is 2.93. The maximum Gasteiger partial charge on any atom is 0.307 e. The summed E-state index contributed by atoms with van der Waals surface area (Å²) in [5, 5.41) is 10.5. The maximum atomic E-state index is 11.2. The number of carbonyl (C=O) groups is 1. The fraction of sp³-hybridized carbons (Fsp3) is 0.500. The number of nitrogens with zero attached hydrogens (tertiary/aromatic N) is 2. The highest BCUT2D eigenvalue weighted by atomic mass is 16.6. The summed E-state index contributed by atoms with van der Waals surface area (Å²) in [6.07, 6.45) is 1.17. The first-order chi connectivity index (χ1) is 9.52. The molecule has 20 heavy (non-hydrogen) atoms. The van der Waals surface area contributed by atoms with E-state index < -0.39 is 4.92 Å². The third-order valence-electron chi connectivity index (χ3n) is 2.93. The molecule has 0 fully saturated rings. The number of ether oxygens (including phenoxy) is 1. The van der Waals surface area contributed by atoms with Crippen molar-refractivity contribution in [1.82, 2.24) is 4.90 Å². The van der Waals surface area contributed by atoms with Gasteiger partial charge in [0.25, 0.3) is 5.69 Å². The van der Waals surface area contributed by atoms with Gasteiger partial charge < -0.3 is 9.64 Å². The van der Waals surface area contributed by atoms with E-state index in [2.05, 4.69) is 0 Å². The molecule has 0 aliphatic rings. The SMILES string of the molecule is CCOC(=O)CCN(C)CCc1ccc([N+](=O)[O-])cc1. The van der Waals surface area contributed by atoms with E-state index >= 15 is 0 Å². The lowest BCUT2D eigenvalue weighted by molar-refractivity contribution is -0.384. The summed E-state index contributed by atoms with van der Waals surface area (Å²) >= 11 is 0. The van der Waals surface area contributed by atoms with Crippen molar-refractivity contribution in [2.24, 2.45) is 0 Å². The molecule has 0 N–H and O–H groups in total. The first-order valence-electron chi connectivity index (χ1n) is 6.60. The van der Waals surface area contributed by atoms with Gasteiger partial charge in [0.15, 0.2) is 0 Å². The van der Waals surface area contributed by atoms with Gasteiger partial charge in [0, 0.05) is 25.2 Å². The summed E-state index contributed by atoms with van der Waals surface area (Å²) in [5.41, 5.74) is 1.14. The number of non-ortho nitro benzene ring substituents is 1. The topological polar surface area (TPSA) is 72.7 Å². The molecule has 0 spiro atoms. The second-order valence-corrected chi connectivity index (χ2v) is 4.53. The van der Waals surface area contributed by atoms with Crippen LogP contribution in [0.4, 0.5) is 5.69 Å². The monoisotopic (exact) mass is 280 g/mol. The molecule has 0 bridgehead atoms. The van der Waals surface area contributed by atoms with Gasteiger partial charge in [0.1, 0.15) is 0 Å². The minimum Gasteiger partial charge on any atom is -0.466 e. The van der Waals surface area contributed by atoms with Crippen molar-refractivity contribution in [3.8, 4) is 0 Å². The standard InChI is InChI=1S/C14H20N2O4/c1-3-20-14(17)9-11-15(2)10-8-12-4-6-13(7-5-12)16(18)19/h4-7H,3,8-11H2,1-2H3. The molecule has 6 heteroatoms. The van der Waals surface area contributed by atoms with Gasteiger partial charge in [-0.1, -0.05) is 12.1 Å². The van der Waals surface area contributed by atoms with Crippen molar-refractivity contribution in [2.45, 2.75) is 19.8 Å². The first-order valence-corrected chi connectivity index (χ1v) is 6.60. The number of nitro benzene ring substituents is 1. The lowest BCUT2D eigenvalue weighted by Gasteiger charge is -2.15. The number of hydrogen-bond acceptors (Lipinski definition) is 5. The van der Waals surface area contributed by atoms with Gasteiger partial charge in [-0.2, -0.15) is 0 Å². The van der Waals surface area contributed by atoms with Crippen LogP contribution >= 0.6 is 0 Å². The summed E-state index contributed by atoms with van der Waals surface area (Å²) in [6.45, 7) is 3.63. The highest BCUT2D eigenvalue weighted by Gasteiger charge is 2.07. The summed E-state index contributed by atoms with van der Waals surface area (Å²) in [7, 11) is 1.94. The van der Waals surface area contributed by atoms with Crippen LogP contribution in [0, 0.1) is 10.1 Å². The first kappa shape index (κ1) is 16.1. The number of esters is 1. The van der Waals surface area contributed by atoms with E-state index in [1.54, 1.807) is 19.1 Å². The van der Waals surface area contributed by atoms with Crippen LogP contribution in [0.5, 0.6) is 0 Å². The van der Waals surface area contributed by atoms with E-state index in [1.807, 2.05) is 11.9 Å². The van der Waals surface area contributed by atoms with Crippen LogP contribution in [0.2, 0.25) is 0 Å². The average molecular weight is 280 g/mol. The smallest absolute Gasteiger partial charge is 0.307 e. The Labute approximate surface area is 118 Å². The van der Waals surface area contributed by atoms with Crippen molar-refractivity contribution >= 4 is 11.7 Å². The molecule has 0 aromatic heterocycles. The zero-order valence-electron chi connectivity index (χ0n) is 11.9. The molecule has 110 valence electrons. The Morgan fingerprint density at radius 1 is 1.30 bits per heavy atom. The number of carbonyl (C=O) groups excluding carboxylic acids is 1. The number of benzene rings is 1. The molecule has 6 nitrogen and oxygen atoms in total. The van der Waals surface area contributed by atoms with E-state index in [0.717, 1.165) is 18.5 Å². The Balaban J connectivity index is 2.31. The Morgan fingerprint density at radius 2 is 1.95 bits per heavy atom. The molecule has 0 aliphatic carbocycles. The average Bonchev–Trinajstić information content (AvgIpc) is 2.43. The van der Waals surface area contributed by atoms with Crippen molar-refractivity contribution < 1.29 is 14.5 Å². The second kappa shape index (κ2) is 8.27. The van der Waals surface area contributed by atoms with Crippen LogP contribution in [-0.2, 0) is 16.0 Å². The van der Waals surface area contributed by atoms with Crippen LogP contribution in [0.1, 0.15) is 18.9 Å². The normalized spacial score (nSPS) is 10.6. The minimum atomic E-state index is -0.407. The molecule has 0 amide bonds. The van der Waals surface area contributed by atoms with Gasteiger partial charge in [-0.25, -0.2) is 0 Å². The molecule has 0 radical (unpaired) electrons. The van der Waals surface area contributed by atoms with Gasteiger partial charge in [0.05, 0.1) is 18.0 Å². The molecule has 0 unspecified atom stereocenters. The van der Waals surface area contributed by atoms with E-state index in [-0.39, 0.29) is 11.7 Å². The van der Waals surface area contributed by atoms with E-state index in [0.29, 0.717) is 19.6 Å². The number of nitro groups is 1. The van der Waals surface area contributed by atoms with Gasteiger partial charge in [-0.3, -0.25) is 14.9 Å². The van der Waals surface area contributed by atoms with Crippen LogP contribution < -0.4 is 0 Å². The Bertz CT molecular complexity index is 445. The minimum absolute atomic E-state index is 0.101. The van der Waals surface area contributed by atoms with E-state index in [9.17, 15) is 14.9 Å². The summed E-state index contributed by atoms with van der Waals surface area (Å²) < 4.78 is 4.86. The van der Waals surface area contributed by atoms with Gasteiger partial charge >= 0.3 is 5.97 Å². The fourth-order valence-electron chi connectivity index (χ4n) is 1.73. The molecule has 1 rings (SSSR count). The zero-order chi connectivity index (χ0) is 15.0. The Kier molecular flexibility index (Phi) is 6.66. The number of likely N-dealkylation sites (N-methyl/N-ethyl adjacent to an activating group) is 1. The molecule has 0 atom stereocenters. The molecule has 1 aromatic carbocycles. The highest BCUT2D eigenvalue weighted by molar-refractivity contribution is 5.69. The largest absolute Gasteiger partial charge is 0.466 e. The summed E-state index contributed by atoms with van der Waals surface area (Å²) in [4.78, 5) is 23.4. The van der Waals surface area contributed by atoms with Crippen molar-refractivity contribution in [1.29, 1.82) is 0 Å². The quantitative estimate of drug-likeness (QED) is 0.414. The predicted octanol–water partition coefficient (Wildman–Crippen LogP) is 2.02. The summed E-state index contributed by atoms with van der Waals surface area (Å²) in [5.74, 6) is -0.185. The predicted molar refractivity (Wildman–Crippen MR) is 75.5 cm³/mol. The Morgan fingerprint density at radius 3 is 2.50 bits per heavy atom. The molecule has 0 saturated heterocycles. The third kappa shape index (κ3) is 5.79. The van der Waals surface area contributed by atoms with Crippen LogP contribution in [0.15, 0.2) is 24.3 Å². The molecular formula is C14H20N2O4. The molecule has 0 aliphatic heterocycles. The molecular weight excluding hydrogens is 260 g/mol. The lowest BCUT2D eigenvalue weighted by atomic mass is 10.1. The van der Waals surface area contributed by atoms with Gasteiger partial charge in [-0.15, -0.1) is 0 Å². The van der Waals surface area contributed by atoms with Crippen LogP contribution in [0.3, 0.4) is 0 Å². The van der Waals surface area contributed by atoms with Gasteiger partial charge in [-0.05, 0) is 26.0 Å². The zero-order valence-corrected chi connectivity index (χ0v) is 11.9. The highest BCUT2D eigenvalue weighted by Crippen LogP contribution is 2.12. The fourth-order valence-corrected chi connectivity index (χ4v) is 1.73. The van der Waals surface area contributed by atoms with Crippen molar-refractivity contribution in [3.05, 3.63) is 39.9 Å². The molecule has 0 heterocycles. The molecule has 1 aromatic rings. The van der Waals surface area contributed by atoms with Crippen molar-refractivity contribution in [3.63, 3.8) is 0 Å². The van der Waals surface area contributed by atoms with Crippen molar-refractivity contribution in [2.75, 3.05) is 26.7 Å². The summed E-state index contributed by atoms with van der Waals surface area (Å²) in [6, 6.07) is 6.54. The number of rotatable bonds is 8. The maximum absolute atomic E-state index is 11.2. The lowest BCUT2D eigenvalue weighted by Crippen LogP contribution is -2.24. The van der Waals surface area contributed by atoms with Crippen LogP contribution in [0.25, 0.3) is 0 Å². The van der Waals surface area contributed by atoms with E-state index in [1.165, 1.54) is 12.1 Å². The second-order valence-electron chi connectivity index (χ2n) is 4.53. The van der Waals surface area contributed by atoms with Crippen LogP contribution in [-0.4, -0.2) is 42.5 Å². The molecule has 0 saturated carbocycles. The van der Waals surface area contributed by atoms with Gasteiger partial charge in [0.2, 0.25) is 0 Å². The number of hydrogen-bond donors (Lipinski definition) is 0.